The highest BCUT2D eigenvalue weighted by Gasteiger charge is 2.21. The number of hydrogen-bond acceptors (Lipinski definition) is 2. The van der Waals surface area contributed by atoms with Crippen LogP contribution in [0.2, 0.25) is 0 Å². The van der Waals surface area contributed by atoms with Gasteiger partial charge in [-0.05, 0) is 0 Å². The first-order valence-corrected chi connectivity index (χ1v) is 3.48. The minimum absolute atomic E-state index is 0.202. The first kappa shape index (κ1) is 7.54. The zero-order valence-corrected chi connectivity index (χ0v) is 6.46. The molecule has 1 amide bonds. The van der Waals surface area contributed by atoms with Gasteiger partial charge in [0.1, 0.15) is 0 Å². The molecule has 1 saturated heterocycles. The number of carbonyl (C=O) groups excluding carboxylic acids is 1. The molecule has 1 heterocycles. The summed E-state index contributed by atoms with van der Waals surface area (Å²) in [6, 6.07) is 0. The molecule has 0 aromatic rings. The summed E-state index contributed by atoms with van der Waals surface area (Å²) in [5.74, 6) is 0.684. The minimum Gasteiger partial charge on any atom is -0.381 e. The van der Waals surface area contributed by atoms with Crippen LogP contribution in [0.1, 0.15) is 6.42 Å². The molecule has 0 aliphatic carbocycles. The second kappa shape index (κ2) is 3.01. The van der Waals surface area contributed by atoms with Crippen LogP contribution >= 0.6 is 0 Å². The standard InChI is InChI=1S/C7H13NO2/c1-8(2)7(9)3-6-4-10-5-6/h6H,3-5H2,1-2H3. The number of hydrogen-bond donors (Lipinski definition) is 0. The number of rotatable bonds is 2. The topological polar surface area (TPSA) is 29.5 Å². The highest BCUT2D eigenvalue weighted by Crippen LogP contribution is 2.14. The lowest BCUT2D eigenvalue weighted by Gasteiger charge is -2.26. The predicted molar refractivity (Wildman–Crippen MR) is 37.6 cm³/mol. The van der Waals surface area contributed by atoms with Gasteiger partial charge in [-0.1, -0.05) is 0 Å². The summed E-state index contributed by atoms with van der Waals surface area (Å²) in [7, 11) is 3.56. The van der Waals surface area contributed by atoms with Gasteiger partial charge in [-0.25, -0.2) is 0 Å². The Morgan fingerprint density at radius 2 is 2.20 bits per heavy atom. The summed E-state index contributed by atoms with van der Waals surface area (Å²) in [6.07, 6.45) is 0.646. The van der Waals surface area contributed by atoms with Crippen molar-refractivity contribution in [1.29, 1.82) is 0 Å². The van der Waals surface area contributed by atoms with Gasteiger partial charge in [0.15, 0.2) is 0 Å². The molecule has 0 aromatic carbocycles. The quantitative estimate of drug-likeness (QED) is 0.549. The molecular weight excluding hydrogens is 130 g/mol. The Morgan fingerprint density at radius 1 is 1.60 bits per heavy atom. The summed E-state index contributed by atoms with van der Waals surface area (Å²) < 4.78 is 4.94. The maximum Gasteiger partial charge on any atom is 0.222 e. The largest absolute Gasteiger partial charge is 0.381 e. The SMILES string of the molecule is CN(C)C(=O)CC1COC1. The molecule has 1 aliphatic heterocycles. The van der Waals surface area contributed by atoms with Crippen LogP contribution in [0.15, 0.2) is 0 Å². The van der Waals surface area contributed by atoms with E-state index in [0.717, 1.165) is 13.2 Å². The number of amides is 1. The van der Waals surface area contributed by atoms with Crippen molar-refractivity contribution in [3.63, 3.8) is 0 Å². The molecule has 3 heteroatoms. The second-order valence-corrected chi connectivity index (χ2v) is 2.90. The average molecular weight is 143 g/mol. The van der Waals surface area contributed by atoms with E-state index in [4.69, 9.17) is 4.74 Å². The van der Waals surface area contributed by atoms with E-state index in [0.29, 0.717) is 12.3 Å². The molecule has 0 atom stereocenters. The van der Waals surface area contributed by atoms with Crippen molar-refractivity contribution in [1.82, 2.24) is 4.90 Å². The molecule has 3 nitrogen and oxygen atoms in total. The zero-order valence-electron chi connectivity index (χ0n) is 6.46. The number of ether oxygens (including phenoxy) is 1. The van der Waals surface area contributed by atoms with Crippen LogP contribution in [0.4, 0.5) is 0 Å². The second-order valence-electron chi connectivity index (χ2n) is 2.90. The van der Waals surface area contributed by atoms with Crippen molar-refractivity contribution >= 4 is 5.91 Å². The Morgan fingerprint density at radius 3 is 2.50 bits per heavy atom. The van der Waals surface area contributed by atoms with Crippen molar-refractivity contribution in [3.05, 3.63) is 0 Å². The highest BCUT2D eigenvalue weighted by molar-refractivity contribution is 5.75. The van der Waals surface area contributed by atoms with E-state index < -0.39 is 0 Å². The predicted octanol–water partition coefficient (Wildman–Crippen LogP) is 0.111. The van der Waals surface area contributed by atoms with Gasteiger partial charge in [0.05, 0.1) is 13.2 Å². The molecule has 0 aromatic heterocycles. The van der Waals surface area contributed by atoms with Crippen LogP contribution in [0.5, 0.6) is 0 Å². The molecular formula is C7H13NO2. The monoisotopic (exact) mass is 143 g/mol. The third-order valence-corrected chi connectivity index (χ3v) is 1.67. The maximum absolute atomic E-state index is 11.0. The molecule has 0 saturated carbocycles. The Balaban J connectivity index is 2.17. The zero-order chi connectivity index (χ0) is 7.56. The molecule has 0 spiro atoms. The molecule has 0 N–H and O–H groups in total. The van der Waals surface area contributed by atoms with Gasteiger partial charge in [0, 0.05) is 26.4 Å². The molecule has 10 heavy (non-hydrogen) atoms. The Labute approximate surface area is 61.0 Å². The Bertz CT molecular complexity index is 130. The lowest BCUT2D eigenvalue weighted by molar-refractivity contribution is -0.134. The van der Waals surface area contributed by atoms with E-state index in [1.165, 1.54) is 0 Å². The summed E-state index contributed by atoms with van der Waals surface area (Å²) in [6.45, 7) is 1.53. The summed E-state index contributed by atoms with van der Waals surface area (Å²) in [5.41, 5.74) is 0. The van der Waals surface area contributed by atoms with Crippen LogP contribution in [0.25, 0.3) is 0 Å². The minimum atomic E-state index is 0.202. The normalized spacial score (nSPS) is 18.2. The smallest absolute Gasteiger partial charge is 0.222 e. The fraction of sp³-hybridized carbons (Fsp3) is 0.857. The molecule has 1 fully saturated rings. The lowest BCUT2D eigenvalue weighted by atomic mass is 10.0. The van der Waals surface area contributed by atoms with Crippen molar-refractivity contribution in [2.45, 2.75) is 6.42 Å². The van der Waals surface area contributed by atoms with Gasteiger partial charge in [-0.3, -0.25) is 4.79 Å². The van der Waals surface area contributed by atoms with Crippen molar-refractivity contribution < 1.29 is 9.53 Å². The third kappa shape index (κ3) is 1.70. The van der Waals surface area contributed by atoms with Crippen molar-refractivity contribution in [2.75, 3.05) is 27.3 Å². The van der Waals surface area contributed by atoms with Gasteiger partial charge < -0.3 is 9.64 Å². The fourth-order valence-corrected chi connectivity index (χ4v) is 0.832. The average Bonchev–Trinajstić information content (AvgIpc) is 1.77. The van der Waals surface area contributed by atoms with E-state index in [2.05, 4.69) is 0 Å². The maximum atomic E-state index is 11.0. The molecule has 0 radical (unpaired) electrons. The van der Waals surface area contributed by atoms with Crippen LogP contribution in [-0.4, -0.2) is 38.1 Å². The molecule has 58 valence electrons. The van der Waals surface area contributed by atoms with Gasteiger partial charge in [0.25, 0.3) is 0 Å². The van der Waals surface area contributed by atoms with Gasteiger partial charge >= 0.3 is 0 Å². The Kier molecular flexibility index (Phi) is 2.27. The first-order valence-electron chi connectivity index (χ1n) is 3.48. The summed E-state index contributed by atoms with van der Waals surface area (Å²) >= 11 is 0. The van der Waals surface area contributed by atoms with E-state index in [9.17, 15) is 4.79 Å². The summed E-state index contributed by atoms with van der Waals surface area (Å²) in [5, 5.41) is 0. The lowest BCUT2D eigenvalue weighted by Crippen LogP contribution is -2.33. The van der Waals surface area contributed by atoms with Crippen LogP contribution in [0.3, 0.4) is 0 Å². The molecule has 0 unspecified atom stereocenters. The number of nitrogens with zero attached hydrogens (tertiary/aromatic N) is 1. The van der Waals surface area contributed by atoms with Crippen molar-refractivity contribution in [2.24, 2.45) is 5.92 Å². The highest BCUT2D eigenvalue weighted by atomic mass is 16.5. The van der Waals surface area contributed by atoms with E-state index in [1.54, 1.807) is 19.0 Å². The van der Waals surface area contributed by atoms with Gasteiger partial charge in [-0.2, -0.15) is 0 Å². The molecule has 1 rings (SSSR count). The third-order valence-electron chi connectivity index (χ3n) is 1.67. The first-order chi connectivity index (χ1) is 4.70. The number of carbonyl (C=O) groups is 1. The van der Waals surface area contributed by atoms with Crippen LogP contribution < -0.4 is 0 Å². The van der Waals surface area contributed by atoms with E-state index in [1.807, 2.05) is 0 Å². The van der Waals surface area contributed by atoms with E-state index in [-0.39, 0.29) is 5.91 Å². The van der Waals surface area contributed by atoms with Crippen LogP contribution in [-0.2, 0) is 9.53 Å². The van der Waals surface area contributed by atoms with Gasteiger partial charge in [0.2, 0.25) is 5.91 Å². The van der Waals surface area contributed by atoms with Crippen LogP contribution in [0, 0.1) is 5.92 Å². The molecule has 0 bridgehead atoms. The molecule has 1 aliphatic rings. The Hall–Kier alpha value is -0.570. The van der Waals surface area contributed by atoms with Gasteiger partial charge in [-0.15, -0.1) is 0 Å². The fourth-order valence-electron chi connectivity index (χ4n) is 0.832. The van der Waals surface area contributed by atoms with Crippen molar-refractivity contribution in [3.8, 4) is 0 Å². The summed E-state index contributed by atoms with van der Waals surface area (Å²) in [4.78, 5) is 12.6. The van der Waals surface area contributed by atoms with E-state index >= 15 is 0 Å².